The van der Waals surface area contributed by atoms with Gasteiger partial charge in [0.1, 0.15) is 18.4 Å². The van der Waals surface area contributed by atoms with Gasteiger partial charge in [0.2, 0.25) is 0 Å². The van der Waals surface area contributed by atoms with Crippen LogP contribution in [0.2, 0.25) is 0 Å². The van der Waals surface area contributed by atoms with E-state index in [1.54, 1.807) is 24.7 Å². The van der Waals surface area contributed by atoms with Gasteiger partial charge in [0.05, 0.1) is 0 Å². The molecule has 3 aromatic rings. The summed E-state index contributed by atoms with van der Waals surface area (Å²) in [7, 11) is 0. The highest BCUT2D eigenvalue weighted by atomic mass is 32.2. The normalized spacial score (nSPS) is 15.7. The van der Waals surface area contributed by atoms with Crippen LogP contribution in [0.3, 0.4) is 0 Å². The van der Waals surface area contributed by atoms with Gasteiger partial charge in [-0.2, -0.15) is 0 Å². The number of hydrogen-bond acceptors (Lipinski definition) is 6. The van der Waals surface area contributed by atoms with Gasteiger partial charge in [-0.15, -0.1) is 0 Å². The first-order valence-electron chi connectivity index (χ1n) is 8.96. The van der Waals surface area contributed by atoms with Crippen LogP contribution in [0.5, 0.6) is 5.75 Å². The highest BCUT2D eigenvalue weighted by molar-refractivity contribution is 7.99. The average molecular weight is 406 g/mol. The first-order chi connectivity index (χ1) is 14.1. The number of hydrogen-bond donors (Lipinski definition) is 2. The number of imide groups is 1. The Kier molecular flexibility index (Phi) is 5.44. The summed E-state index contributed by atoms with van der Waals surface area (Å²) in [6, 6.07) is 12.2. The number of amides is 3. The van der Waals surface area contributed by atoms with Crippen LogP contribution in [0.25, 0.3) is 0 Å². The topological polar surface area (TPSA) is 93.2 Å². The minimum absolute atomic E-state index is 0.363. The molecule has 0 saturated carbocycles. The van der Waals surface area contributed by atoms with Gasteiger partial charge in [-0.25, -0.2) is 4.79 Å². The SMILES string of the molecule is Cc1cc(COc2ccc(Sc3cnccc3C3NC(=O)NC3=O)cc2)ccn1. The molecule has 0 radical (unpaired) electrons. The number of rotatable bonds is 6. The Balaban J connectivity index is 1.44. The van der Waals surface area contributed by atoms with E-state index >= 15 is 0 Å². The quantitative estimate of drug-likeness (QED) is 0.610. The zero-order valence-corrected chi connectivity index (χ0v) is 16.4. The predicted molar refractivity (Wildman–Crippen MR) is 108 cm³/mol. The molecule has 146 valence electrons. The lowest BCUT2D eigenvalue weighted by Crippen LogP contribution is -2.22. The van der Waals surface area contributed by atoms with Gasteiger partial charge in [0.15, 0.2) is 0 Å². The van der Waals surface area contributed by atoms with Gasteiger partial charge in [-0.3, -0.25) is 20.1 Å². The summed E-state index contributed by atoms with van der Waals surface area (Å²) in [4.78, 5) is 33.5. The van der Waals surface area contributed by atoms with Crippen LogP contribution in [0, 0.1) is 6.92 Å². The molecule has 29 heavy (non-hydrogen) atoms. The molecule has 0 bridgehead atoms. The van der Waals surface area contributed by atoms with Crippen LogP contribution in [-0.2, 0) is 11.4 Å². The van der Waals surface area contributed by atoms with E-state index in [2.05, 4.69) is 20.6 Å². The van der Waals surface area contributed by atoms with E-state index in [4.69, 9.17) is 4.74 Å². The molecular weight excluding hydrogens is 388 g/mol. The van der Waals surface area contributed by atoms with Crippen molar-refractivity contribution in [1.29, 1.82) is 0 Å². The summed E-state index contributed by atoms with van der Waals surface area (Å²) >= 11 is 1.47. The fraction of sp³-hybridized carbons (Fsp3) is 0.143. The van der Waals surface area contributed by atoms with Crippen molar-refractivity contribution in [2.24, 2.45) is 0 Å². The van der Waals surface area contributed by atoms with Crippen molar-refractivity contribution in [2.75, 3.05) is 0 Å². The number of urea groups is 1. The van der Waals surface area contributed by atoms with E-state index in [1.165, 1.54) is 11.8 Å². The number of carbonyl (C=O) groups is 2. The van der Waals surface area contributed by atoms with Crippen molar-refractivity contribution >= 4 is 23.7 Å². The molecule has 1 unspecified atom stereocenters. The Labute approximate surface area is 171 Å². The Bertz CT molecular complexity index is 1060. The summed E-state index contributed by atoms with van der Waals surface area (Å²) in [5.41, 5.74) is 2.73. The largest absolute Gasteiger partial charge is 0.489 e. The van der Waals surface area contributed by atoms with E-state index in [0.717, 1.165) is 26.8 Å². The van der Waals surface area contributed by atoms with Gasteiger partial charge < -0.3 is 10.1 Å². The maximum absolute atomic E-state index is 12.0. The molecule has 0 aliphatic carbocycles. The van der Waals surface area contributed by atoms with Gasteiger partial charge in [-0.05, 0) is 55.0 Å². The highest BCUT2D eigenvalue weighted by Crippen LogP contribution is 2.34. The second-order valence-electron chi connectivity index (χ2n) is 6.48. The van der Waals surface area contributed by atoms with Gasteiger partial charge in [0.25, 0.3) is 5.91 Å². The Hall–Kier alpha value is -3.39. The molecule has 1 aromatic carbocycles. The molecule has 1 atom stereocenters. The highest BCUT2D eigenvalue weighted by Gasteiger charge is 2.32. The van der Waals surface area contributed by atoms with Crippen molar-refractivity contribution in [3.05, 3.63) is 77.9 Å². The van der Waals surface area contributed by atoms with Gasteiger partial charge >= 0.3 is 6.03 Å². The van der Waals surface area contributed by atoms with Crippen molar-refractivity contribution in [3.63, 3.8) is 0 Å². The van der Waals surface area contributed by atoms with Crippen LogP contribution in [-0.4, -0.2) is 21.9 Å². The van der Waals surface area contributed by atoms with Gasteiger partial charge in [0, 0.05) is 39.6 Å². The molecule has 0 spiro atoms. The van der Waals surface area contributed by atoms with Crippen LogP contribution < -0.4 is 15.4 Å². The zero-order valence-electron chi connectivity index (χ0n) is 15.6. The predicted octanol–water partition coefficient (Wildman–Crippen LogP) is 3.40. The summed E-state index contributed by atoms with van der Waals surface area (Å²) in [6.45, 7) is 2.42. The van der Waals surface area contributed by atoms with E-state index < -0.39 is 12.1 Å². The molecule has 2 N–H and O–H groups in total. The van der Waals surface area contributed by atoms with Crippen LogP contribution in [0.15, 0.2) is 70.8 Å². The number of benzene rings is 1. The summed E-state index contributed by atoms with van der Waals surface area (Å²) in [6.07, 6.45) is 5.06. The number of nitrogens with one attached hydrogen (secondary N) is 2. The zero-order chi connectivity index (χ0) is 20.2. The molecular formula is C21H18N4O3S. The van der Waals surface area contributed by atoms with Crippen LogP contribution in [0.1, 0.15) is 22.9 Å². The third-order valence-electron chi connectivity index (χ3n) is 4.32. The smallest absolute Gasteiger partial charge is 0.322 e. The number of ether oxygens (including phenoxy) is 1. The monoisotopic (exact) mass is 406 g/mol. The molecule has 7 nitrogen and oxygen atoms in total. The van der Waals surface area contributed by atoms with Crippen molar-refractivity contribution in [1.82, 2.24) is 20.6 Å². The minimum Gasteiger partial charge on any atom is -0.489 e. The van der Waals surface area contributed by atoms with E-state index in [1.807, 2.05) is 43.3 Å². The van der Waals surface area contributed by atoms with Crippen molar-refractivity contribution in [2.45, 2.75) is 29.4 Å². The maximum atomic E-state index is 12.0. The molecule has 3 amide bonds. The summed E-state index contributed by atoms with van der Waals surface area (Å²) in [5, 5.41) is 4.88. The molecule has 4 rings (SSSR count). The average Bonchev–Trinajstić information content (AvgIpc) is 3.06. The number of aromatic nitrogens is 2. The fourth-order valence-corrected chi connectivity index (χ4v) is 3.89. The summed E-state index contributed by atoms with van der Waals surface area (Å²) < 4.78 is 5.83. The molecule has 1 aliphatic rings. The standard InChI is InChI=1S/C21H18N4O3S/c1-13-10-14(6-9-23-13)12-28-15-2-4-16(5-3-15)29-18-11-22-8-7-17(18)19-20(26)25-21(27)24-19/h2-11,19H,12H2,1H3,(H2,24,25,26,27). The fourth-order valence-electron chi connectivity index (χ4n) is 2.94. The van der Waals surface area contributed by atoms with Crippen LogP contribution in [0.4, 0.5) is 4.79 Å². The second kappa shape index (κ2) is 8.32. The van der Waals surface area contributed by atoms with Crippen LogP contribution >= 0.6 is 11.8 Å². The summed E-state index contributed by atoms with van der Waals surface area (Å²) in [5.74, 6) is 0.399. The maximum Gasteiger partial charge on any atom is 0.322 e. The molecule has 3 heterocycles. The third-order valence-corrected chi connectivity index (χ3v) is 5.39. The second-order valence-corrected chi connectivity index (χ2v) is 7.59. The lowest BCUT2D eigenvalue weighted by Gasteiger charge is -2.13. The minimum atomic E-state index is -0.709. The van der Waals surface area contributed by atoms with Gasteiger partial charge in [-0.1, -0.05) is 11.8 Å². The van der Waals surface area contributed by atoms with E-state index in [0.29, 0.717) is 12.2 Å². The van der Waals surface area contributed by atoms with Crippen molar-refractivity contribution < 1.29 is 14.3 Å². The number of aryl methyl sites for hydroxylation is 1. The number of nitrogens with zero attached hydrogens (tertiary/aromatic N) is 2. The molecule has 1 fully saturated rings. The molecule has 8 heteroatoms. The first-order valence-corrected chi connectivity index (χ1v) is 9.77. The Morgan fingerprint density at radius 1 is 1.10 bits per heavy atom. The van der Waals surface area contributed by atoms with E-state index in [-0.39, 0.29) is 5.91 Å². The Morgan fingerprint density at radius 2 is 1.93 bits per heavy atom. The molecule has 2 aromatic heterocycles. The Morgan fingerprint density at radius 3 is 2.66 bits per heavy atom. The lowest BCUT2D eigenvalue weighted by atomic mass is 10.1. The third kappa shape index (κ3) is 4.55. The molecule has 1 saturated heterocycles. The van der Waals surface area contributed by atoms with E-state index in [9.17, 15) is 9.59 Å². The lowest BCUT2D eigenvalue weighted by molar-refractivity contribution is -0.120. The first kappa shape index (κ1) is 18.9. The van der Waals surface area contributed by atoms with Crippen molar-refractivity contribution in [3.8, 4) is 5.75 Å². The molecule has 1 aliphatic heterocycles. The number of pyridine rings is 2. The number of carbonyl (C=O) groups excluding carboxylic acids is 2.